The Hall–Kier alpha value is -1.41. The van der Waals surface area contributed by atoms with Crippen LogP contribution in [0, 0.1) is 12.4 Å². The minimum atomic E-state index is -0.878. The van der Waals surface area contributed by atoms with Gasteiger partial charge in [0, 0.05) is 12.8 Å². The number of halogens is 2. The monoisotopic (exact) mass is 297 g/mol. The van der Waals surface area contributed by atoms with Crippen LogP contribution in [0.25, 0.3) is 4.85 Å². The lowest BCUT2D eigenvalue weighted by Crippen LogP contribution is -2.14. The fraction of sp³-hybridized carbons (Fsp3) is 0.333. The first-order valence-corrected chi connectivity index (χ1v) is 5.80. The predicted molar refractivity (Wildman–Crippen MR) is 63.0 cm³/mol. The highest BCUT2D eigenvalue weighted by molar-refractivity contribution is 9.10. The van der Waals surface area contributed by atoms with Gasteiger partial charge >= 0.3 is 5.97 Å². The Labute approximate surface area is 107 Å². The number of hydrogen-bond donors (Lipinski definition) is 0. The zero-order chi connectivity index (χ0) is 12.6. The summed E-state index contributed by atoms with van der Waals surface area (Å²) < 4.78 is 19.0. The van der Waals surface area contributed by atoms with Gasteiger partial charge in [-0.3, -0.25) is 0 Å². The summed E-state index contributed by atoms with van der Waals surface area (Å²) in [6.07, 6.45) is 1.15. The normalized spacial score (nSPS) is 16.1. The molecule has 0 radical (unpaired) electrons. The van der Waals surface area contributed by atoms with Crippen molar-refractivity contribution in [3.8, 4) is 0 Å². The van der Waals surface area contributed by atoms with E-state index in [1.54, 1.807) is 0 Å². The van der Waals surface area contributed by atoms with Crippen LogP contribution in [0.2, 0.25) is 0 Å². The topological polar surface area (TPSA) is 30.7 Å². The molecule has 1 aromatic carbocycles. The molecular weight excluding hydrogens is 289 g/mol. The Balaban J connectivity index is 2.66. The van der Waals surface area contributed by atoms with Crippen molar-refractivity contribution in [2.24, 2.45) is 0 Å². The molecule has 1 saturated carbocycles. The Morgan fingerprint density at radius 3 is 2.71 bits per heavy atom. The molecule has 1 aromatic rings. The van der Waals surface area contributed by atoms with Gasteiger partial charge in [0.25, 0.3) is 5.54 Å². The minimum Gasteiger partial charge on any atom is -0.465 e. The summed E-state index contributed by atoms with van der Waals surface area (Å²) in [6.45, 7) is 7.16. The average Bonchev–Trinajstić information content (AvgIpc) is 3.12. The van der Waals surface area contributed by atoms with Gasteiger partial charge in [-0.05, 0) is 28.1 Å². The van der Waals surface area contributed by atoms with E-state index in [0.717, 1.165) is 0 Å². The summed E-state index contributed by atoms with van der Waals surface area (Å²) in [5.74, 6) is -1.15. The average molecular weight is 298 g/mol. The Kier molecular flexibility index (Phi) is 2.92. The maximum atomic E-state index is 14.1. The quantitative estimate of drug-likeness (QED) is 0.619. The number of esters is 1. The van der Waals surface area contributed by atoms with E-state index in [0.29, 0.717) is 12.8 Å². The zero-order valence-corrected chi connectivity index (χ0v) is 10.7. The van der Waals surface area contributed by atoms with Gasteiger partial charge in [0.15, 0.2) is 0 Å². The third-order valence-corrected chi connectivity index (χ3v) is 3.52. The van der Waals surface area contributed by atoms with Crippen molar-refractivity contribution in [3.05, 3.63) is 45.0 Å². The van der Waals surface area contributed by atoms with Gasteiger partial charge in [-0.15, -0.1) is 0 Å². The van der Waals surface area contributed by atoms with Crippen LogP contribution < -0.4 is 0 Å². The van der Waals surface area contributed by atoms with Gasteiger partial charge < -0.3 is 9.58 Å². The minimum absolute atomic E-state index is 0.140. The lowest BCUT2D eigenvalue weighted by atomic mass is 9.98. The van der Waals surface area contributed by atoms with Crippen molar-refractivity contribution in [1.82, 2.24) is 0 Å². The van der Waals surface area contributed by atoms with E-state index in [2.05, 4.69) is 25.5 Å². The van der Waals surface area contributed by atoms with Crippen molar-refractivity contribution in [1.29, 1.82) is 0 Å². The summed E-state index contributed by atoms with van der Waals surface area (Å²) in [5.41, 5.74) is -0.576. The second-order valence-corrected chi connectivity index (χ2v) is 4.77. The van der Waals surface area contributed by atoms with Crippen LogP contribution >= 0.6 is 15.9 Å². The van der Waals surface area contributed by atoms with Crippen molar-refractivity contribution in [2.75, 3.05) is 7.11 Å². The predicted octanol–water partition coefficient (Wildman–Crippen LogP) is 3.28. The molecule has 5 heteroatoms. The Morgan fingerprint density at radius 2 is 2.24 bits per heavy atom. The lowest BCUT2D eigenvalue weighted by molar-refractivity contribution is 0.0598. The van der Waals surface area contributed by atoms with Crippen LogP contribution in [-0.4, -0.2) is 13.1 Å². The Morgan fingerprint density at radius 1 is 1.59 bits per heavy atom. The molecule has 2 rings (SSSR count). The first kappa shape index (κ1) is 12.1. The number of rotatable bonds is 2. The number of hydrogen-bond acceptors (Lipinski definition) is 2. The van der Waals surface area contributed by atoms with E-state index in [-0.39, 0.29) is 15.6 Å². The molecule has 0 N–H and O–H groups in total. The van der Waals surface area contributed by atoms with Gasteiger partial charge in [-0.2, -0.15) is 0 Å². The van der Waals surface area contributed by atoms with Crippen molar-refractivity contribution in [3.63, 3.8) is 0 Å². The number of benzene rings is 1. The third-order valence-electron chi connectivity index (χ3n) is 2.90. The molecule has 0 aromatic heterocycles. The summed E-state index contributed by atoms with van der Waals surface area (Å²) in [6, 6.07) is 2.94. The highest BCUT2D eigenvalue weighted by Gasteiger charge is 2.56. The van der Waals surface area contributed by atoms with Gasteiger partial charge in [0.2, 0.25) is 0 Å². The van der Waals surface area contributed by atoms with Crippen molar-refractivity contribution < 1.29 is 13.9 Å². The molecule has 0 heterocycles. The highest BCUT2D eigenvalue weighted by Crippen LogP contribution is 2.52. The fourth-order valence-electron chi connectivity index (χ4n) is 1.82. The van der Waals surface area contributed by atoms with E-state index >= 15 is 0 Å². The molecule has 1 fully saturated rings. The largest absolute Gasteiger partial charge is 0.465 e. The summed E-state index contributed by atoms with van der Waals surface area (Å²) in [4.78, 5) is 15.0. The molecule has 3 nitrogen and oxygen atoms in total. The first-order chi connectivity index (χ1) is 8.05. The fourth-order valence-corrected chi connectivity index (χ4v) is 2.15. The molecule has 1 aliphatic rings. The molecule has 1 aliphatic carbocycles. The standard InChI is InChI=1S/C12H9BrFNO2/c1-15-12(5-6-12)9-7(11(16)17-2)3-4-8(13)10(9)14/h3-4H,5-6H2,2H3. The zero-order valence-electron chi connectivity index (χ0n) is 9.09. The number of nitrogens with zero attached hydrogens (tertiary/aromatic N) is 1. The van der Waals surface area contributed by atoms with E-state index in [9.17, 15) is 9.18 Å². The Bertz CT molecular complexity index is 532. The van der Waals surface area contributed by atoms with Crippen LogP contribution in [0.4, 0.5) is 4.39 Å². The molecule has 0 atom stereocenters. The molecule has 0 spiro atoms. The molecule has 0 unspecified atom stereocenters. The first-order valence-electron chi connectivity index (χ1n) is 5.01. The van der Waals surface area contributed by atoms with E-state index in [1.807, 2.05) is 0 Å². The van der Waals surface area contributed by atoms with Gasteiger partial charge in [0.05, 0.1) is 22.7 Å². The number of ether oxygens (including phenoxy) is 1. The van der Waals surface area contributed by atoms with Crippen molar-refractivity contribution in [2.45, 2.75) is 18.4 Å². The number of carbonyl (C=O) groups is 1. The van der Waals surface area contributed by atoms with Crippen LogP contribution in [0.15, 0.2) is 16.6 Å². The smallest absolute Gasteiger partial charge is 0.338 e. The number of methoxy groups -OCH3 is 1. The molecular formula is C12H9BrFNO2. The van der Waals surface area contributed by atoms with E-state index < -0.39 is 17.3 Å². The van der Waals surface area contributed by atoms with Gasteiger partial charge in [0.1, 0.15) is 5.82 Å². The highest BCUT2D eigenvalue weighted by atomic mass is 79.9. The van der Waals surface area contributed by atoms with E-state index in [1.165, 1.54) is 19.2 Å². The maximum Gasteiger partial charge on any atom is 0.338 e. The summed E-state index contributed by atoms with van der Waals surface area (Å²) in [7, 11) is 1.24. The third kappa shape index (κ3) is 1.83. The van der Waals surface area contributed by atoms with Crippen LogP contribution in [0.1, 0.15) is 28.8 Å². The van der Waals surface area contributed by atoms with Gasteiger partial charge in [-0.1, -0.05) is 0 Å². The van der Waals surface area contributed by atoms with Gasteiger partial charge in [-0.25, -0.2) is 15.8 Å². The lowest BCUT2D eigenvalue weighted by Gasteiger charge is -2.11. The SMILES string of the molecule is [C-]#[N+]C1(c2c(C(=O)OC)ccc(Br)c2F)CC1. The van der Waals surface area contributed by atoms with Crippen LogP contribution in [0.5, 0.6) is 0 Å². The van der Waals surface area contributed by atoms with Crippen LogP contribution in [0.3, 0.4) is 0 Å². The van der Waals surface area contributed by atoms with E-state index in [4.69, 9.17) is 6.57 Å². The summed E-state index contributed by atoms with van der Waals surface area (Å²) >= 11 is 3.07. The molecule has 0 aliphatic heterocycles. The molecule has 0 amide bonds. The summed E-state index contributed by atoms with van der Waals surface area (Å²) in [5, 5.41) is 0. The molecule has 0 saturated heterocycles. The van der Waals surface area contributed by atoms with Crippen LogP contribution in [-0.2, 0) is 10.3 Å². The molecule has 0 bridgehead atoms. The number of carbonyl (C=O) groups excluding carboxylic acids is 1. The second kappa shape index (κ2) is 4.11. The molecule has 17 heavy (non-hydrogen) atoms. The van der Waals surface area contributed by atoms with Crippen molar-refractivity contribution >= 4 is 21.9 Å². The second-order valence-electron chi connectivity index (χ2n) is 3.92. The molecule has 88 valence electrons. The maximum absolute atomic E-state index is 14.1.